The van der Waals surface area contributed by atoms with Crippen molar-refractivity contribution in [3.05, 3.63) is 45.5 Å². The van der Waals surface area contributed by atoms with Crippen LogP contribution in [0.1, 0.15) is 23.2 Å². The molecule has 2 saturated heterocycles. The van der Waals surface area contributed by atoms with Gasteiger partial charge in [-0.2, -0.15) is 0 Å². The third-order valence-electron chi connectivity index (χ3n) is 5.03. The Kier molecular flexibility index (Phi) is 5.23. The van der Waals surface area contributed by atoms with Crippen molar-refractivity contribution >= 4 is 40.1 Å². The van der Waals surface area contributed by atoms with Crippen molar-refractivity contribution in [2.24, 2.45) is 0 Å². The molecule has 0 unspecified atom stereocenters. The minimum absolute atomic E-state index is 0.110. The fourth-order valence-electron chi connectivity index (χ4n) is 3.54. The highest BCUT2D eigenvalue weighted by Crippen LogP contribution is 2.20. The van der Waals surface area contributed by atoms with Gasteiger partial charge in [0, 0.05) is 48.4 Å². The third-order valence-corrected chi connectivity index (χ3v) is 5.70. The molecule has 3 heterocycles. The van der Waals surface area contributed by atoms with Gasteiger partial charge in [-0.3, -0.25) is 4.79 Å². The molecule has 0 aliphatic carbocycles. The summed E-state index contributed by atoms with van der Waals surface area (Å²) in [6, 6.07) is 11.9. The lowest BCUT2D eigenvalue weighted by Gasteiger charge is -2.35. The SMILES string of the molecule is O=C(c1cccc(I)c1)N1CCN(c2ccc(N3CCCC3)nn2)CC1. The Labute approximate surface area is 167 Å². The Hall–Kier alpha value is -1.90. The van der Waals surface area contributed by atoms with E-state index in [1.807, 2.05) is 29.2 Å². The summed E-state index contributed by atoms with van der Waals surface area (Å²) in [5, 5.41) is 8.82. The Bertz CT molecular complexity index is 768. The van der Waals surface area contributed by atoms with Crippen LogP contribution in [0, 0.1) is 3.57 Å². The van der Waals surface area contributed by atoms with Crippen LogP contribution >= 0.6 is 22.6 Å². The van der Waals surface area contributed by atoms with Crippen molar-refractivity contribution in [1.29, 1.82) is 0 Å². The number of piperazine rings is 1. The molecule has 4 rings (SSSR count). The topological polar surface area (TPSA) is 52.6 Å². The van der Waals surface area contributed by atoms with E-state index in [1.54, 1.807) is 0 Å². The van der Waals surface area contributed by atoms with E-state index in [0.717, 1.165) is 46.9 Å². The fraction of sp³-hybridized carbons (Fsp3) is 0.421. The molecule has 136 valence electrons. The lowest BCUT2D eigenvalue weighted by atomic mass is 10.2. The molecule has 1 aromatic carbocycles. The zero-order valence-electron chi connectivity index (χ0n) is 14.6. The molecule has 0 saturated carbocycles. The number of halogens is 1. The molecule has 6 nitrogen and oxygen atoms in total. The number of carbonyl (C=O) groups is 1. The van der Waals surface area contributed by atoms with Gasteiger partial charge in [0.25, 0.3) is 5.91 Å². The molecule has 0 bridgehead atoms. The molecule has 2 aliphatic heterocycles. The van der Waals surface area contributed by atoms with Crippen LogP contribution in [0.25, 0.3) is 0 Å². The second-order valence-electron chi connectivity index (χ2n) is 6.73. The number of anilines is 2. The van der Waals surface area contributed by atoms with E-state index in [1.165, 1.54) is 12.8 Å². The number of amides is 1. The highest BCUT2D eigenvalue weighted by Gasteiger charge is 2.23. The standard InChI is InChI=1S/C19H22IN5O/c20-16-5-3-4-15(14-16)19(26)25-12-10-24(11-13-25)18-7-6-17(21-22-18)23-8-1-2-9-23/h3-7,14H,1-2,8-13H2. The molecule has 0 N–H and O–H groups in total. The van der Waals surface area contributed by atoms with Crippen LogP contribution in [0.3, 0.4) is 0 Å². The lowest BCUT2D eigenvalue weighted by Crippen LogP contribution is -2.49. The molecule has 0 atom stereocenters. The highest BCUT2D eigenvalue weighted by molar-refractivity contribution is 14.1. The minimum Gasteiger partial charge on any atom is -0.355 e. The van der Waals surface area contributed by atoms with Gasteiger partial charge in [-0.15, -0.1) is 10.2 Å². The van der Waals surface area contributed by atoms with E-state index < -0.39 is 0 Å². The van der Waals surface area contributed by atoms with Crippen molar-refractivity contribution in [3.63, 3.8) is 0 Å². The highest BCUT2D eigenvalue weighted by atomic mass is 127. The number of hydrogen-bond acceptors (Lipinski definition) is 5. The molecule has 0 spiro atoms. The average Bonchev–Trinajstić information content (AvgIpc) is 3.23. The molecule has 1 amide bonds. The number of rotatable bonds is 3. The first-order valence-electron chi connectivity index (χ1n) is 9.09. The average molecular weight is 463 g/mol. The summed E-state index contributed by atoms with van der Waals surface area (Å²) < 4.78 is 1.08. The molecule has 2 aliphatic rings. The number of aromatic nitrogens is 2. The lowest BCUT2D eigenvalue weighted by molar-refractivity contribution is 0.0746. The smallest absolute Gasteiger partial charge is 0.254 e. The molecular weight excluding hydrogens is 441 g/mol. The summed E-state index contributed by atoms with van der Waals surface area (Å²) >= 11 is 2.24. The maximum Gasteiger partial charge on any atom is 0.254 e. The Morgan fingerprint density at radius 3 is 2.04 bits per heavy atom. The van der Waals surface area contributed by atoms with Crippen LogP contribution in [0.2, 0.25) is 0 Å². The van der Waals surface area contributed by atoms with Gasteiger partial charge < -0.3 is 14.7 Å². The molecule has 1 aromatic heterocycles. The Morgan fingerprint density at radius 1 is 0.846 bits per heavy atom. The summed E-state index contributed by atoms with van der Waals surface area (Å²) in [5.74, 6) is 1.98. The molecule has 26 heavy (non-hydrogen) atoms. The van der Waals surface area contributed by atoms with Crippen LogP contribution in [0.5, 0.6) is 0 Å². The first kappa shape index (κ1) is 17.5. The number of nitrogens with zero attached hydrogens (tertiary/aromatic N) is 5. The largest absolute Gasteiger partial charge is 0.355 e. The summed E-state index contributed by atoms with van der Waals surface area (Å²) in [5.41, 5.74) is 0.764. The second-order valence-corrected chi connectivity index (χ2v) is 7.98. The van der Waals surface area contributed by atoms with Gasteiger partial charge in [-0.25, -0.2) is 0 Å². The van der Waals surface area contributed by atoms with Crippen molar-refractivity contribution < 1.29 is 4.79 Å². The van der Waals surface area contributed by atoms with E-state index in [0.29, 0.717) is 13.1 Å². The number of benzene rings is 1. The minimum atomic E-state index is 0.110. The van der Waals surface area contributed by atoms with Crippen molar-refractivity contribution in [3.8, 4) is 0 Å². The first-order valence-corrected chi connectivity index (χ1v) is 10.2. The summed E-state index contributed by atoms with van der Waals surface area (Å²) in [7, 11) is 0. The molecular formula is C19H22IN5O. The van der Waals surface area contributed by atoms with Crippen LogP contribution in [0.4, 0.5) is 11.6 Å². The summed E-state index contributed by atoms with van der Waals surface area (Å²) in [4.78, 5) is 19.1. The van der Waals surface area contributed by atoms with E-state index in [4.69, 9.17) is 0 Å². The monoisotopic (exact) mass is 463 g/mol. The predicted octanol–water partition coefficient (Wildman–Crippen LogP) is 2.64. The molecule has 2 fully saturated rings. The van der Waals surface area contributed by atoms with Crippen molar-refractivity contribution in [1.82, 2.24) is 15.1 Å². The van der Waals surface area contributed by atoms with Crippen LogP contribution in [-0.2, 0) is 0 Å². The third kappa shape index (κ3) is 3.77. The van der Waals surface area contributed by atoms with Gasteiger partial charge >= 0.3 is 0 Å². The van der Waals surface area contributed by atoms with E-state index in [9.17, 15) is 4.79 Å². The summed E-state index contributed by atoms with van der Waals surface area (Å²) in [6.07, 6.45) is 2.47. The molecule has 7 heteroatoms. The second kappa shape index (κ2) is 7.77. The maximum atomic E-state index is 12.7. The van der Waals surface area contributed by atoms with Crippen molar-refractivity contribution in [2.45, 2.75) is 12.8 Å². The van der Waals surface area contributed by atoms with Gasteiger partial charge in [-0.05, 0) is 65.8 Å². The molecule has 2 aromatic rings. The van der Waals surface area contributed by atoms with Crippen LogP contribution < -0.4 is 9.80 Å². The summed E-state index contributed by atoms with van der Waals surface area (Å²) in [6.45, 7) is 5.14. The zero-order valence-corrected chi connectivity index (χ0v) is 16.8. The number of hydrogen-bond donors (Lipinski definition) is 0. The number of carbonyl (C=O) groups excluding carboxylic acids is 1. The quantitative estimate of drug-likeness (QED) is 0.656. The predicted molar refractivity (Wildman–Crippen MR) is 111 cm³/mol. The first-order chi connectivity index (χ1) is 12.7. The van der Waals surface area contributed by atoms with Gasteiger partial charge in [0.05, 0.1) is 0 Å². The Morgan fingerprint density at radius 2 is 1.46 bits per heavy atom. The van der Waals surface area contributed by atoms with Crippen LogP contribution in [-0.4, -0.2) is 60.3 Å². The van der Waals surface area contributed by atoms with Gasteiger partial charge in [0.1, 0.15) is 0 Å². The zero-order chi connectivity index (χ0) is 17.9. The van der Waals surface area contributed by atoms with Gasteiger partial charge in [0.2, 0.25) is 0 Å². The van der Waals surface area contributed by atoms with Crippen LogP contribution in [0.15, 0.2) is 36.4 Å². The Balaban J connectivity index is 1.36. The van der Waals surface area contributed by atoms with E-state index in [2.05, 4.69) is 54.7 Å². The van der Waals surface area contributed by atoms with E-state index in [-0.39, 0.29) is 5.91 Å². The van der Waals surface area contributed by atoms with Gasteiger partial charge in [0.15, 0.2) is 11.6 Å². The van der Waals surface area contributed by atoms with Crippen molar-refractivity contribution in [2.75, 3.05) is 49.1 Å². The molecule has 0 radical (unpaired) electrons. The van der Waals surface area contributed by atoms with E-state index >= 15 is 0 Å². The normalized spacial score (nSPS) is 17.7. The fourth-order valence-corrected chi connectivity index (χ4v) is 4.09. The maximum absolute atomic E-state index is 12.7. The van der Waals surface area contributed by atoms with Gasteiger partial charge in [-0.1, -0.05) is 6.07 Å².